The Hall–Kier alpha value is -2.69. The van der Waals surface area contributed by atoms with Crippen LogP contribution in [-0.4, -0.2) is 26.6 Å². The van der Waals surface area contributed by atoms with E-state index in [1.165, 1.54) is 12.1 Å². The molecule has 0 spiro atoms. The monoisotopic (exact) mass is 437 g/mol. The van der Waals surface area contributed by atoms with Crippen LogP contribution in [0.4, 0.5) is 0 Å². The highest BCUT2D eigenvalue weighted by Crippen LogP contribution is 2.52. The normalized spacial score (nSPS) is 28.0. The van der Waals surface area contributed by atoms with E-state index in [0.717, 1.165) is 62.5 Å². The summed E-state index contributed by atoms with van der Waals surface area (Å²) in [5, 5.41) is 47.9. The maximum absolute atomic E-state index is 10.2. The van der Waals surface area contributed by atoms with Crippen molar-refractivity contribution in [1.29, 1.82) is 5.41 Å². The molecule has 0 bridgehead atoms. The van der Waals surface area contributed by atoms with E-state index in [4.69, 9.17) is 5.41 Å². The molecule has 2 aromatic carbocycles. The van der Waals surface area contributed by atoms with Crippen molar-refractivity contribution in [2.45, 2.75) is 70.1 Å². The van der Waals surface area contributed by atoms with Crippen LogP contribution in [0.2, 0.25) is 0 Å². The summed E-state index contributed by atoms with van der Waals surface area (Å²) in [6.07, 6.45) is 9.80. The Labute approximate surface area is 190 Å². The molecule has 0 heterocycles. The molecule has 0 aliphatic heterocycles. The van der Waals surface area contributed by atoms with Crippen LogP contribution in [0.15, 0.2) is 36.4 Å². The van der Waals surface area contributed by atoms with Crippen molar-refractivity contribution in [3.8, 4) is 23.0 Å². The van der Waals surface area contributed by atoms with Gasteiger partial charge in [-0.3, -0.25) is 0 Å². The molecule has 2 fully saturated rings. The molecule has 2 aliphatic carbocycles. The van der Waals surface area contributed by atoms with Crippen LogP contribution in [-0.2, 0) is 0 Å². The summed E-state index contributed by atoms with van der Waals surface area (Å²) in [4.78, 5) is 0. The number of rotatable bonds is 5. The first kappa shape index (κ1) is 22.5. The van der Waals surface area contributed by atoms with Crippen LogP contribution in [0.5, 0.6) is 23.0 Å². The summed E-state index contributed by atoms with van der Waals surface area (Å²) < 4.78 is 0. The fourth-order valence-corrected chi connectivity index (χ4v) is 6.38. The highest BCUT2D eigenvalue weighted by atomic mass is 16.3. The van der Waals surface area contributed by atoms with Gasteiger partial charge in [0.1, 0.15) is 23.0 Å². The summed E-state index contributed by atoms with van der Waals surface area (Å²) in [7, 11) is 0. The highest BCUT2D eigenvalue weighted by Gasteiger charge is 2.43. The molecule has 4 rings (SSSR count). The second kappa shape index (κ2) is 9.05. The second-order valence-electron chi connectivity index (χ2n) is 10.1. The highest BCUT2D eigenvalue weighted by molar-refractivity contribution is 5.63. The number of benzene rings is 2. The first-order valence-corrected chi connectivity index (χ1v) is 11.9. The van der Waals surface area contributed by atoms with Crippen molar-refractivity contribution in [2.75, 3.05) is 0 Å². The maximum Gasteiger partial charge on any atom is 0.122 e. The van der Waals surface area contributed by atoms with E-state index in [2.05, 4.69) is 6.92 Å². The SMILES string of the molecule is CC(C=N)(C1CCC(c2ccc(O)cc2O)CC1)C1CCC(c2ccc(O)cc2O)CC1. The zero-order valence-electron chi connectivity index (χ0n) is 18.8. The molecule has 0 amide bonds. The number of hydrogen-bond donors (Lipinski definition) is 5. The summed E-state index contributed by atoms with van der Waals surface area (Å²) in [6.45, 7) is 2.26. The third kappa shape index (κ3) is 4.30. The molecule has 0 aromatic heterocycles. The summed E-state index contributed by atoms with van der Waals surface area (Å²) >= 11 is 0. The van der Waals surface area contributed by atoms with E-state index < -0.39 is 0 Å². The molecule has 5 heteroatoms. The molecule has 2 aliphatic rings. The molecule has 32 heavy (non-hydrogen) atoms. The Bertz CT molecular complexity index is 885. The molecule has 0 radical (unpaired) electrons. The Morgan fingerprint density at radius 3 is 1.38 bits per heavy atom. The number of aromatic hydroxyl groups is 4. The fraction of sp³-hybridized carbons (Fsp3) is 0.519. The largest absolute Gasteiger partial charge is 0.508 e. The lowest BCUT2D eigenvalue weighted by Gasteiger charge is -2.46. The van der Waals surface area contributed by atoms with Crippen molar-refractivity contribution in [1.82, 2.24) is 0 Å². The van der Waals surface area contributed by atoms with E-state index in [1.807, 2.05) is 12.1 Å². The maximum atomic E-state index is 10.2. The van der Waals surface area contributed by atoms with Crippen molar-refractivity contribution >= 4 is 6.21 Å². The minimum absolute atomic E-state index is 0.0903. The standard InChI is InChI=1S/C27H35NO4/c1-27(16-28,19-6-2-17(3-7-19)23-12-10-21(29)14-25(23)31)20-8-4-18(5-9-20)24-13-11-22(30)15-26(24)32/h10-20,28-32H,2-9H2,1H3. The zero-order chi connectivity index (χ0) is 22.9. The third-order valence-corrected chi connectivity index (χ3v) is 8.43. The summed E-state index contributed by atoms with van der Waals surface area (Å²) in [6, 6.07) is 9.82. The van der Waals surface area contributed by atoms with E-state index in [-0.39, 0.29) is 28.4 Å². The minimum atomic E-state index is -0.135. The molecule has 2 saturated carbocycles. The zero-order valence-corrected chi connectivity index (χ0v) is 18.8. The van der Waals surface area contributed by atoms with Gasteiger partial charge in [-0.2, -0.15) is 0 Å². The van der Waals surface area contributed by atoms with Crippen LogP contribution in [0.3, 0.4) is 0 Å². The fourth-order valence-electron chi connectivity index (χ4n) is 6.38. The lowest BCUT2D eigenvalue weighted by Crippen LogP contribution is -2.40. The number of hydrogen-bond acceptors (Lipinski definition) is 5. The lowest BCUT2D eigenvalue weighted by molar-refractivity contribution is 0.0994. The molecule has 0 unspecified atom stereocenters. The van der Waals surface area contributed by atoms with Crippen molar-refractivity contribution in [2.24, 2.45) is 17.3 Å². The van der Waals surface area contributed by atoms with Gasteiger partial charge in [0, 0.05) is 23.8 Å². The van der Waals surface area contributed by atoms with Crippen molar-refractivity contribution in [3.63, 3.8) is 0 Å². The van der Waals surface area contributed by atoms with E-state index in [9.17, 15) is 20.4 Å². The van der Waals surface area contributed by atoms with Gasteiger partial charge in [-0.1, -0.05) is 19.1 Å². The topological polar surface area (TPSA) is 105 Å². The molecule has 5 nitrogen and oxygen atoms in total. The van der Waals surface area contributed by atoms with E-state index >= 15 is 0 Å². The number of nitrogens with one attached hydrogen (secondary N) is 1. The number of phenols is 4. The molecule has 172 valence electrons. The van der Waals surface area contributed by atoms with Crippen molar-refractivity contribution < 1.29 is 20.4 Å². The van der Waals surface area contributed by atoms with Gasteiger partial charge in [0.05, 0.1) is 0 Å². The van der Waals surface area contributed by atoms with E-state index in [1.54, 1.807) is 18.3 Å². The predicted molar refractivity (Wildman–Crippen MR) is 126 cm³/mol. The number of phenolic OH excluding ortho intramolecular Hbond substituents is 4. The van der Waals surface area contributed by atoms with Gasteiger partial charge in [0.2, 0.25) is 0 Å². The molecule has 2 aromatic rings. The van der Waals surface area contributed by atoms with Gasteiger partial charge in [-0.25, -0.2) is 0 Å². The minimum Gasteiger partial charge on any atom is -0.508 e. The Kier molecular flexibility index (Phi) is 6.36. The molecular formula is C27H35NO4. The van der Waals surface area contributed by atoms with Gasteiger partial charge >= 0.3 is 0 Å². The van der Waals surface area contributed by atoms with Crippen LogP contribution in [0, 0.1) is 22.7 Å². The molecule has 0 atom stereocenters. The molecule has 0 saturated heterocycles. The van der Waals surface area contributed by atoms with E-state index in [0.29, 0.717) is 23.7 Å². The van der Waals surface area contributed by atoms with Crippen LogP contribution >= 0.6 is 0 Å². The Balaban J connectivity index is 1.39. The summed E-state index contributed by atoms with van der Waals surface area (Å²) in [5.74, 6) is 2.06. The van der Waals surface area contributed by atoms with Gasteiger partial charge in [0.15, 0.2) is 0 Å². The van der Waals surface area contributed by atoms with Crippen molar-refractivity contribution in [3.05, 3.63) is 47.5 Å². The smallest absolute Gasteiger partial charge is 0.122 e. The third-order valence-electron chi connectivity index (χ3n) is 8.43. The average molecular weight is 438 g/mol. The second-order valence-corrected chi connectivity index (χ2v) is 10.1. The van der Waals surface area contributed by atoms with Crippen LogP contribution in [0.1, 0.15) is 81.3 Å². The van der Waals surface area contributed by atoms with Gasteiger partial charge in [-0.05, 0) is 98.3 Å². The van der Waals surface area contributed by atoms with Gasteiger partial charge in [0.25, 0.3) is 0 Å². The Morgan fingerprint density at radius 1 is 0.688 bits per heavy atom. The average Bonchev–Trinajstić information content (AvgIpc) is 2.79. The van der Waals surface area contributed by atoms with Gasteiger partial charge in [-0.15, -0.1) is 0 Å². The van der Waals surface area contributed by atoms with Crippen LogP contribution < -0.4 is 0 Å². The van der Waals surface area contributed by atoms with Crippen LogP contribution in [0.25, 0.3) is 0 Å². The first-order valence-electron chi connectivity index (χ1n) is 11.9. The lowest BCUT2D eigenvalue weighted by atomic mass is 9.58. The molecule has 5 N–H and O–H groups in total. The predicted octanol–water partition coefficient (Wildman–Crippen LogP) is 6.41. The quantitative estimate of drug-likeness (QED) is 0.348. The van der Waals surface area contributed by atoms with Gasteiger partial charge < -0.3 is 25.8 Å². The summed E-state index contributed by atoms with van der Waals surface area (Å²) in [5.41, 5.74) is 1.71. The first-order chi connectivity index (χ1) is 15.3. The molecular weight excluding hydrogens is 402 g/mol. The Morgan fingerprint density at radius 2 is 1.06 bits per heavy atom.